The lowest BCUT2D eigenvalue weighted by Crippen LogP contribution is -2.66. The molecule has 6 heteroatoms. The average Bonchev–Trinajstić information content (AvgIpc) is 3.06. The van der Waals surface area contributed by atoms with Crippen LogP contribution >= 0.6 is 11.6 Å². The number of hydrogen-bond donors (Lipinski definition) is 3. The van der Waals surface area contributed by atoms with Gasteiger partial charge in [0.25, 0.3) is 0 Å². The summed E-state index contributed by atoms with van der Waals surface area (Å²) in [6.45, 7) is 4.91. The van der Waals surface area contributed by atoms with E-state index in [-0.39, 0.29) is 23.8 Å². The van der Waals surface area contributed by atoms with Gasteiger partial charge in [-0.25, -0.2) is 0 Å². The van der Waals surface area contributed by atoms with Crippen molar-refractivity contribution in [1.29, 1.82) is 0 Å². The molecule has 2 fully saturated rings. The number of methoxy groups -OCH3 is 1. The third-order valence-corrected chi connectivity index (χ3v) is 9.27. The minimum absolute atomic E-state index is 0.00547. The van der Waals surface area contributed by atoms with Gasteiger partial charge in [0.1, 0.15) is 5.75 Å². The average molecular weight is 513 g/mol. The van der Waals surface area contributed by atoms with Gasteiger partial charge >= 0.3 is 0 Å². The minimum Gasteiger partial charge on any atom is -0.508 e. The van der Waals surface area contributed by atoms with Crippen molar-refractivity contribution >= 4 is 17.5 Å². The molecule has 0 radical (unpaired) electrons. The number of ether oxygens (including phenoxy) is 1. The molecule has 36 heavy (non-hydrogen) atoms. The van der Waals surface area contributed by atoms with Gasteiger partial charge in [-0.1, -0.05) is 55.6 Å². The highest BCUT2D eigenvalue weighted by Crippen LogP contribution is 2.61. The highest BCUT2D eigenvalue weighted by molar-refractivity contribution is 6.30. The minimum atomic E-state index is -0.789. The Morgan fingerprint density at radius 3 is 2.53 bits per heavy atom. The fourth-order valence-electron chi connectivity index (χ4n) is 7.01. The number of fused-ring (bicyclic) bond motifs is 1. The Morgan fingerprint density at radius 1 is 1.14 bits per heavy atom. The van der Waals surface area contributed by atoms with Gasteiger partial charge < -0.3 is 20.9 Å². The van der Waals surface area contributed by atoms with Crippen LogP contribution in [0.4, 0.5) is 0 Å². The maximum atomic E-state index is 13.3. The van der Waals surface area contributed by atoms with Crippen molar-refractivity contribution in [2.45, 2.75) is 88.6 Å². The van der Waals surface area contributed by atoms with Crippen LogP contribution in [0, 0.1) is 5.41 Å². The quantitative estimate of drug-likeness (QED) is 0.337. The van der Waals surface area contributed by atoms with Gasteiger partial charge in [0.2, 0.25) is 5.91 Å². The molecule has 2 aromatic carbocycles. The van der Waals surface area contributed by atoms with Gasteiger partial charge in [-0.05, 0) is 86.3 Å². The van der Waals surface area contributed by atoms with Crippen molar-refractivity contribution in [3.05, 3.63) is 64.2 Å². The summed E-state index contributed by atoms with van der Waals surface area (Å²) in [5.74, 6) is 0.236. The van der Waals surface area contributed by atoms with Crippen molar-refractivity contribution < 1.29 is 14.6 Å². The van der Waals surface area contributed by atoms with E-state index < -0.39 is 11.0 Å². The number of phenols is 1. The van der Waals surface area contributed by atoms with E-state index in [1.807, 2.05) is 37.3 Å². The molecular formula is C30H41ClN2O3. The van der Waals surface area contributed by atoms with Crippen LogP contribution in [-0.4, -0.2) is 36.3 Å². The summed E-state index contributed by atoms with van der Waals surface area (Å²) in [5.41, 5.74) is 9.08. The molecule has 0 bridgehead atoms. The van der Waals surface area contributed by atoms with Crippen LogP contribution in [0.15, 0.2) is 42.5 Å². The Kier molecular flexibility index (Phi) is 8.33. The topological polar surface area (TPSA) is 84.6 Å². The molecule has 0 aromatic heterocycles. The smallest absolute Gasteiger partial charge is 0.228 e. The molecule has 1 heterocycles. The van der Waals surface area contributed by atoms with E-state index >= 15 is 0 Å². The molecule has 5 atom stereocenters. The van der Waals surface area contributed by atoms with Crippen LogP contribution < -0.4 is 11.1 Å². The normalized spacial score (nSPS) is 29.7. The summed E-state index contributed by atoms with van der Waals surface area (Å²) in [4.78, 5) is 13.3. The Labute approximate surface area is 220 Å². The lowest BCUT2D eigenvalue weighted by molar-refractivity contribution is -0.132. The first kappa shape index (κ1) is 27.0. The van der Waals surface area contributed by atoms with Crippen LogP contribution in [0.25, 0.3) is 0 Å². The van der Waals surface area contributed by atoms with Gasteiger partial charge in [0.15, 0.2) is 0 Å². The molecule has 4 N–H and O–H groups in total. The Balaban J connectivity index is 1.65. The summed E-state index contributed by atoms with van der Waals surface area (Å²) < 4.78 is 5.13. The second-order valence-corrected chi connectivity index (χ2v) is 11.2. The number of phenolic OH excluding ortho intramolecular Hbond substituents is 1. The summed E-state index contributed by atoms with van der Waals surface area (Å²) in [6.07, 6.45) is 7.61. The van der Waals surface area contributed by atoms with E-state index in [1.165, 1.54) is 0 Å². The van der Waals surface area contributed by atoms with Gasteiger partial charge in [0.05, 0.1) is 11.0 Å². The van der Waals surface area contributed by atoms with E-state index in [9.17, 15) is 9.90 Å². The fraction of sp³-hybridized carbons (Fsp3) is 0.567. The Morgan fingerprint density at radius 2 is 1.86 bits per heavy atom. The lowest BCUT2D eigenvalue weighted by Gasteiger charge is -2.54. The number of nitrogens with two attached hydrogens (primary N) is 1. The molecule has 1 saturated heterocycles. The lowest BCUT2D eigenvalue weighted by atomic mass is 9.50. The molecule has 2 aromatic rings. The van der Waals surface area contributed by atoms with Crippen molar-refractivity contribution in [3.8, 4) is 5.75 Å². The van der Waals surface area contributed by atoms with Crippen LogP contribution in [0.3, 0.4) is 0 Å². The number of rotatable bonds is 10. The number of halogens is 1. The summed E-state index contributed by atoms with van der Waals surface area (Å²) in [5, 5.41) is 15.1. The van der Waals surface area contributed by atoms with E-state index in [0.29, 0.717) is 23.6 Å². The van der Waals surface area contributed by atoms with Crippen LogP contribution in [-0.2, 0) is 16.0 Å². The zero-order valence-corrected chi connectivity index (χ0v) is 22.6. The maximum Gasteiger partial charge on any atom is 0.228 e. The van der Waals surface area contributed by atoms with E-state index in [1.54, 1.807) is 7.11 Å². The number of benzene rings is 2. The van der Waals surface area contributed by atoms with Gasteiger partial charge in [-0.15, -0.1) is 0 Å². The van der Waals surface area contributed by atoms with Crippen molar-refractivity contribution in [2.75, 3.05) is 13.7 Å². The molecule has 5 nitrogen and oxygen atoms in total. The number of amides is 1. The van der Waals surface area contributed by atoms with E-state index in [4.69, 9.17) is 22.1 Å². The maximum absolute atomic E-state index is 13.3. The molecular weight excluding hydrogens is 472 g/mol. The van der Waals surface area contributed by atoms with Gasteiger partial charge in [-0.2, -0.15) is 0 Å². The van der Waals surface area contributed by atoms with E-state index in [0.717, 1.165) is 61.8 Å². The number of aryl methyl sites for hydroxylation is 1. The second-order valence-electron chi connectivity index (χ2n) is 10.8. The standard InChI is InChI=1S/C30H41ClN2O3/c1-4-29-17-16-25(24-15-10-21(19-26(24)34)9-7-5-6-8-18-36-3)27(22-11-13-23(31)14-12-22)30(29,32)20(2)33-28(29)35/h10-15,19-20,25,27,34H,4-9,16-18,32H2,1-3H3,(H,33,35). The Hall–Kier alpha value is -2.08. The fourth-order valence-corrected chi connectivity index (χ4v) is 7.13. The van der Waals surface area contributed by atoms with Crippen LogP contribution in [0.1, 0.15) is 87.3 Å². The molecule has 4 rings (SSSR count). The summed E-state index contributed by atoms with van der Waals surface area (Å²) in [7, 11) is 1.74. The molecule has 0 spiro atoms. The van der Waals surface area contributed by atoms with E-state index in [2.05, 4.69) is 24.4 Å². The van der Waals surface area contributed by atoms with Crippen LogP contribution in [0.5, 0.6) is 5.75 Å². The summed E-state index contributed by atoms with van der Waals surface area (Å²) in [6, 6.07) is 13.8. The molecule has 196 valence electrons. The predicted molar refractivity (Wildman–Crippen MR) is 146 cm³/mol. The van der Waals surface area contributed by atoms with Crippen LogP contribution in [0.2, 0.25) is 5.02 Å². The Bertz CT molecular complexity index is 1060. The number of aromatic hydroxyl groups is 1. The monoisotopic (exact) mass is 512 g/mol. The third-order valence-electron chi connectivity index (χ3n) is 9.02. The number of nitrogens with one attached hydrogen (secondary N) is 1. The zero-order chi connectivity index (χ0) is 25.9. The largest absolute Gasteiger partial charge is 0.508 e. The molecule has 5 unspecified atom stereocenters. The number of carbonyl (C=O) groups is 1. The highest BCUT2D eigenvalue weighted by atomic mass is 35.5. The second kappa shape index (κ2) is 11.1. The highest BCUT2D eigenvalue weighted by Gasteiger charge is 2.67. The number of carbonyl (C=O) groups excluding carboxylic acids is 1. The molecule has 2 aliphatic rings. The molecule has 1 aliphatic heterocycles. The number of hydrogen-bond acceptors (Lipinski definition) is 4. The first-order valence-electron chi connectivity index (χ1n) is 13.4. The van der Waals surface area contributed by atoms with Crippen molar-refractivity contribution in [1.82, 2.24) is 5.32 Å². The van der Waals surface area contributed by atoms with Gasteiger partial charge in [0, 0.05) is 30.7 Å². The first-order chi connectivity index (χ1) is 17.3. The zero-order valence-electron chi connectivity index (χ0n) is 21.9. The van der Waals surface area contributed by atoms with Crippen molar-refractivity contribution in [2.24, 2.45) is 11.1 Å². The summed E-state index contributed by atoms with van der Waals surface area (Å²) >= 11 is 6.23. The molecule has 1 amide bonds. The van der Waals surface area contributed by atoms with Gasteiger partial charge in [-0.3, -0.25) is 4.79 Å². The SMILES string of the molecule is CCC12CCC(c3ccc(CCCCCCOC)cc3O)C(c3ccc(Cl)cc3)C1(N)C(C)NC2=O. The first-order valence-corrected chi connectivity index (χ1v) is 13.8. The number of unbranched alkanes of at least 4 members (excludes halogenated alkanes) is 3. The molecule has 1 saturated carbocycles. The van der Waals surface area contributed by atoms with Crippen molar-refractivity contribution in [3.63, 3.8) is 0 Å². The predicted octanol–water partition coefficient (Wildman–Crippen LogP) is 6.07. The third kappa shape index (κ3) is 4.66. The molecule has 1 aliphatic carbocycles.